The summed E-state index contributed by atoms with van der Waals surface area (Å²) in [6, 6.07) is 9.92. The Morgan fingerprint density at radius 3 is 2.38 bits per heavy atom. The summed E-state index contributed by atoms with van der Waals surface area (Å²) >= 11 is 0. The van der Waals surface area contributed by atoms with Gasteiger partial charge in [-0.25, -0.2) is 4.98 Å². The summed E-state index contributed by atoms with van der Waals surface area (Å²) in [6.07, 6.45) is 0. The summed E-state index contributed by atoms with van der Waals surface area (Å²) in [5, 5.41) is 2.89. The van der Waals surface area contributed by atoms with E-state index in [9.17, 15) is 0 Å². The van der Waals surface area contributed by atoms with Gasteiger partial charge in [0.2, 0.25) is 5.95 Å². The van der Waals surface area contributed by atoms with E-state index < -0.39 is 0 Å². The van der Waals surface area contributed by atoms with Crippen LogP contribution in [0, 0.1) is 6.92 Å². The van der Waals surface area contributed by atoms with Crippen LogP contribution in [0.15, 0.2) is 30.3 Å². The predicted octanol–water partition coefficient (Wildman–Crippen LogP) is 2.08. The molecule has 0 aliphatic rings. The third-order valence-electron chi connectivity index (χ3n) is 2.40. The Kier molecular flexibility index (Phi) is 2.72. The molecule has 1 heterocycles. The quantitative estimate of drug-likeness (QED) is 0.803. The Labute approximate surface area is 94.5 Å². The minimum Gasteiger partial charge on any atom is -0.383 e. The minimum absolute atomic E-state index is 0.503. The first-order valence-electron chi connectivity index (χ1n) is 5.09. The molecule has 0 atom stereocenters. The first-order valence-corrected chi connectivity index (χ1v) is 5.09. The molecule has 0 bridgehead atoms. The van der Waals surface area contributed by atoms with E-state index in [0.29, 0.717) is 11.8 Å². The number of hydrogen-bond acceptors (Lipinski definition) is 4. The zero-order chi connectivity index (χ0) is 11.5. The lowest BCUT2D eigenvalue weighted by atomic mass is 10.1. The molecule has 16 heavy (non-hydrogen) atoms. The molecule has 0 fully saturated rings. The highest BCUT2D eigenvalue weighted by molar-refractivity contribution is 5.76. The number of hydrogen-bond donors (Lipinski definition) is 2. The Balaban J connectivity index is 2.58. The third kappa shape index (κ3) is 1.82. The summed E-state index contributed by atoms with van der Waals surface area (Å²) in [6.45, 7) is 1.93. The molecule has 0 saturated carbocycles. The Morgan fingerprint density at radius 2 is 1.81 bits per heavy atom. The summed E-state index contributed by atoms with van der Waals surface area (Å²) in [7, 11) is 1.77. The van der Waals surface area contributed by atoms with Crippen LogP contribution < -0.4 is 11.1 Å². The van der Waals surface area contributed by atoms with Gasteiger partial charge in [-0.2, -0.15) is 4.98 Å². The molecule has 4 heteroatoms. The number of nitrogen functional groups attached to an aromatic ring is 1. The number of rotatable bonds is 2. The van der Waals surface area contributed by atoms with Gasteiger partial charge in [-0.1, -0.05) is 30.3 Å². The molecule has 2 rings (SSSR count). The first-order chi connectivity index (χ1) is 7.72. The normalized spacial score (nSPS) is 10.1. The van der Waals surface area contributed by atoms with Gasteiger partial charge >= 0.3 is 0 Å². The Hall–Kier alpha value is -2.10. The molecule has 2 aromatic rings. The number of aromatic nitrogens is 2. The van der Waals surface area contributed by atoms with Crippen LogP contribution in [0.5, 0.6) is 0 Å². The molecule has 0 unspecified atom stereocenters. The Morgan fingerprint density at radius 1 is 1.12 bits per heavy atom. The van der Waals surface area contributed by atoms with E-state index >= 15 is 0 Å². The fraction of sp³-hybridized carbons (Fsp3) is 0.167. The molecule has 0 amide bonds. The van der Waals surface area contributed by atoms with Gasteiger partial charge in [-0.3, -0.25) is 0 Å². The highest BCUT2D eigenvalue weighted by Gasteiger charge is 2.09. The van der Waals surface area contributed by atoms with Crippen molar-refractivity contribution in [2.24, 2.45) is 0 Å². The molecule has 1 aromatic carbocycles. The smallest absolute Gasteiger partial charge is 0.224 e. The standard InChI is InChI=1S/C12H14N4/c1-8-10(9-6-4-3-5-7-9)11(13)16-12(14-2)15-8/h3-7H,1-2H3,(H3,13,14,15,16). The van der Waals surface area contributed by atoms with E-state index in [0.717, 1.165) is 16.8 Å². The van der Waals surface area contributed by atoms with E-state index in [2.05, 4.69) is 15.3 Å². The highest BCUT2D eigenvalue weighted by atomic mass is 15.1. The molecule has 1 aromatic heterocycles. The predicted molar refractivity (Wildman–Crippen MR) is 66.2 cm³/mol. The van der Waals surface area contributed by atoms with Gasteiger partial charge in [0.15, 0.2) is 0 Å². The van der Waals surface area contributed by atoms with Gasteiger partial charge in [0.1, 0.15) is 5.82 Å². The maximum atomic E-state index is 5.94. The number of nitrogens with zero attached hydrogens (tertiary/aromatic N) is 2. The van der Waals surface area contributed by atoms with Gasteiger partial charge < -0.3 is 11.1 Å². The van der Waals surface area contributed by atoms with E-state index in [1.54, 1.807) is 7.05 Å². The first kappa shape index (κ1) is 10.4. The van der Waals surface area contributed by atoms with Gasteiger partial charge in [0, 0.05) is 12.6 Å². The van der Waals surface area contributed by atoms with Gasteiger partial charge in [-0.05, 0) is 12.5 Å². The molecule has 0 aliphatic carbocycles. The molecular formula is C12H14N4. The van der Waals surface area contributed by atoms with E-state index in [4.69, 9.17) is 5.73 Å². The second-order valence-corrected chi connectivity index (χ2v) is 3.51. The van der Waals surface area contributed by atoms with Crippen LogP contribution in [0.1, 0.15) is 5.69 Å². The lowest BCUT2D eigenvalue weighted by Gasteiger charge is -2.10. The molecule has 0 spiro atoms. The van der Waals surface area contributed by atoms with Crippen LogP contribution in [0.3, 0.4) is 0 Å². The SMILES string of the molecule is CNc1nc(C)c(-c2ccccc2)c(N)n1. The monoisotopic (exact) mass is 214 g/mol. The summed E-state index contributed by atoms with van der Waals surface area (Å²) in [4.78, 5) is 8.51. The van der Waals surface area contributed by atoms with Crippen molar-refractivity contribution in [3.63, 3.8) is 0 Å². The van der Waals surface area contributed by atoms with Crippen molar-refractivity contribution in [3.8, 4) is 11.1 Å². The van der Waals surface area contributed by atoms with Crippen LogP contribution in [0.25, 0.3) is 11.1 Å². The van der Waals surface area contributed by atoms with E-state index in [-0.39, 0.29) is 0 Å². The number of nitrogens with two attached hydrogens (primary N) is 1. The van der Waals surface area contributed by atoms with Crippen molar-refractivity contribution < 1.29 is 0 Å². The number of anilines is 2. The van der Waals surface area contributed by atoms with Gasteiger partial charge in [0.25, 0.3) is 0 Å². The summed E-state index contributed by atoms with van der Waals surface area (Å²) in [5.41, 5.74) is 8.76. The number of nitrogens with one attached hydrogen (secondary N) is 1. The lowest BCUT2D eigenvalue weighted by molar-refractivity contribution is 1.10. The van der Waals surface area contributed by atoms with Gasteiger partial charge in [0.05, 0.1) is 5.69 Å². The van der Waals surface area contributed by atoms with Crippen molar-refractivity contribution >= 4 is 11.8 Å². The zero-order valence-electron chi connectivity index (χ0n) is 9.36. The van der Waals surface area contributed by atoms with Crippen LogP contribution in [-0.2, 0) is 0 Å². The summed E-state index contributed by atoms with van der Waals surface area (Å²) < 4.78 is 0. The molecule has 82 valence electrons. The van der Waals surface area contributed by atoms with E-state index in [1.807, 2.05) is 37.3 Å². The molecule has 0 saturated heterocycles. The lowest BCUT2D eigenvalue weighted by Crippen LogP contribution is -2.04. The van der Waals surface area contributed by atoms with Crippen molar-refractivity contribution in [2.75, 3.05) is 18.1 Å². The largest absolute Gasteiger partial charge is 0.383 e. The van der Waals surface area contributed by atoms with Crippen molar-refractivity contribution in [2.45, 2.75) is 6.92 Å². The highest BCUT2D eigenvalue weighted by Crippen LogP contribution is 2.27. The second-order valence-electron chi connectivity index (χ2n) is 3.51. The van der Waals surface area contributed by atoms with Crippen molar-refractivity contribution in [3.05, 3.63) is 36.0 Å². The molecule has 0 radical (unpaired) electrons. The van der Waals surface area contributed by atoms with Crippen molar-refractivity contribution in [1.82, 2.24) is 9.97 Å². The molecule has 3 N–H and O–H groups in total. The van der Waals surface area contributed by atoms with Gasteiger partial charge in [-0.15, -0.1) is 0 Å². The third-order valence-corrected chi connectivity index (χ3v) is 2.40. The van der Waals surface area contributed by atoms with Crippen LogP contribution in [0.2, 0.25) is 0 Å². The van der Waals surface area contributed by atoms with Crippen LogP contribution >= 0.6 is 0 Å². The number of aryl methyl sites for hydroxylation is 1. The van der Waals surface area contributed by atoms with Crippen LogP contribution in [0.4, 0.5) is 11.8 Å². The maximum absolute atomic E-state index is 5.94. The fourth-order valence-corrected chi connectivity index (χ4v) is 1.67. The molecule has 4 nitrogen and oxygen atoms in total. The second kappa shape index (κ2) is 4.18. The zero-order valence-corrected chi connectivity index (χ0v) is 9.36. The number of benzene rings is 1. The Bertz CT molecular complexity index is 471. The van der Waals surface area contributed by atoms with Crippen molar-refractivity contribution in [1.29, 1.82) is 0 Å². The molecule has 0 aliphatic heterocycles. The average molecular weight is 214 g/mol. The van der Waals surface area contributed by atoms with E-state index in [1.165, 1.54) is 0 Å². The fourth-order valence-electron chi connectivity index (χ4n) is 1.67. The minimum atomic E-state index is 0.503. The topological polar surface area (TPSA) is 63.8 Å². The maximum Gasteiger partial charge on any atom is 0.224 e. The average Bonchev–Trinajstić information content (AvgIpc) is 2.29. The molecular weight excluding hydrogens is 200 g/mol. The van der Waals surface area contributed by atoms with Crippen LogP contribution in [-0.4, -0.2) is 17.0 Å². The summed E-state index contributed by atoms with van der Waals surface area (Å²) in [5.74, 6) is 1.05.